The molecule has 180 valence electrons. The summed E-state index contributed by atoms with van der Waals surface area (Å²) in [7, 11) is -1.51. The Kier molecular flexibility index (Phi) is 7.39. The van der Waals surface area contributed by atoms with E-state index in [0.717, 1.165) is 30.1 Å². The number of piperazine rings is 2. The SMILES string of the molecule is Cc1noc(C)c1CSc1ncccc1C(=O)N1CCN(S(=O)(=O)N2CCN(C)CC2)CC1. The number of hydrogen-bond acceptors (Lipinski definition) is 8. The molecule has 4 heterocycles. The molecule has 12 heteroatoms. The molecule has 2 aliphatic rings. The largest absolute Gasteiger partial charge is 0.361 e. The number of aromatic nitrogens is 2. The molecule has 4 rings (SSSR count). The summed E-state index contributed by atoms with van der Waals surface area (Å²) in [5.41, 5.74) is 2.37. The van der Waals surface area contributed by atoms with Gasteiger partial charge in [0.05, 0.1) is 11.3 Å². The van der Waals surface area contributed by atoms with Gasteiger partial charge in [-0.3, -0.25) is 4.79 Å². The summed E-state index contributed by atoms with van der Waals surface area (Å²) in [5.74, 6) is 1.25. The van der Waals surface area contributed by atoms with Crippen LogP contribution < -0.4 is 0 Å². The lowest BCUT2D eigenvalue weighted by Crippen LogP contribution is -2.57. The molecule has 2 saturated heterocycles. The first-order valence-electron chi connectivity index (χ1n) is 11.0. The van der Waals surface area contributed by atoms with Gasteiger partial charge in [0.15, 0.2) is 0 Å². The fourth-order valence-electron chi connectivity index (χ4n) is 3.99. The number of thioether (sulfide) groups is 1. The lowest BCUT2D eigenvalue weighted by atomic mass is 10.2. The molecule has 1 amide bonds. The molecule has 0 atom stereocenters. The lowest BCUT2D eigenvalue weighted by molar-refractivity contribution is 0.0688. The Morgan fingerprint density at radius 3 is 2.30 bits per heavy atom. The molecule has 0 unspecified atom stereocenters. The van der Waals surface area contributed by atoms with Gasteiger partial charge < -0.3 is 14.3 Å². The number of pyridine rings is 1. The van der Waals surface area contributed by atoms with Crippen LogP contribution in [0.4, 0.5) is 0 Å². The van der Waals surface area contributed by atoms with Gasteiger partial charge in [-0.05, 0) is 33.0 Å². The number of carbonyl (C=O) groups excluding carboxylic acids is 1. The molecule has 2 aromatic heterocycles. The van der Waals surface area contributed by atoms with E-state index in [1.165, 1.54) is 16.1 Å². The third kappa shape index (κ3) is 5.24. The van der Waals surface area contributed by atoms with Crippen molar-refractivity contribution in [3.05, 3.63) is 40.9 Å². The van der Waals surface area contributed by atoms with E-state index >= 15 is 0 Å². The third-order valence-electron chi connectivity index (χ3n) is 6.18. The number of hydrogen-bond donors (Lipinski definition) is 0. The first kappa shape index (κ1) is 24.1. The fourth-order valence-corrected chi connectivity index (χ4v) is 6.71. The molecular weight excluding hydrogens is 464 g/mol. The summed E-state index contributed by atoms with van der Waals surface area (Å²) in [6.07, 6.45) is 1.67. The predicted octanol–water partition coefficient (Wildman–Crippen LogP) is 1.23. The fraction of sp³-hybridized carbons (Fsp3) is 0.571. The van der Waals surface area contributed by atoms with Crippen molar-refractivity contribution >= 4 is 27.9 Å². The van der Waals surface area contributed by atoms with Crippen LogP contribution in [0.3, 0.4) is 0 Å². The smallest absolute Gasteiger partial charge is 0.282 e. The molecular formula is C21H30N6O4S2. The van der Waals surface area contributed by atoms with E-state index in [1.807, 2.05) is 20.9 Å². The van der Waals surface area contributed by atoms with Gasteiger partial charge in [-0.15, -0.1) is 11.8 Å². The van der Waals surface area contributed by atoms with Crippen LogP contribution in [0, 0.1) is 13.8 Å². The normalized spacial score (nSPS) is 19.2. The number of likely N-dealkylation sites (N-methyl/N-ethyl adjacent to an activating group) is 1. The highest BCUT2D eigenvalue weighted by Crippen LogP contribution is 2.28. The first-order chi connectivity index (χ1) is 15.8. The maximum atomic E-state index is 13.3. The highest BCUT2D eigenvalue weighted by Gasteiger charge is 2.35. The van der Waals surface area contributed by atoms with Gasteiger partial charge in [-0.2, -0.15) is 17.0 Å². The molecule has 0 N–H and O–H groups in total. The number of amides is 1. The molecule has 0 radical (unpaired) electrons. The average Bonchev–Trinajstić information content (AvgIpc) is 3.15. The van der Waals surface area contributed by atoms with Gasteiger partial charge in [-0.25, -0.2) is 4.98 Å². The summed E-state index contributed by atoms with van der Waals surface area (Å²) < 4.78 is 34.3. The van der Waals surface area contributed by atoms with Crippen molar-refractivity contribution in [1.29, 1.82) is 0 Å². The highest BCUT2D eigenvalue weighted by atomic mass is 32.2. The summed E-state index contributed by atoms with van der Waals surface area (Å²) in [6, 6.07) is 3.53. The lowest BCUT2D eigenvalue weighted by Gasteiger charge is -2.39. The zero-order chi connectivity index (χ0) is 23.6. The van der Waals surface area contributed by atoms with Gasteiger partial charge in [-0.1, -0.05) is 5.16 Å². The monoisotopic (exact) mass is 494 g/mol. The van der Waals surface area contributed by atoms with Crippen molar-refractivity contribution in [2.24, 2.45) is 0 Å². The Bertz CT molecular complexity index is 1070. The number of carbonyl (C=O) groups is 1. The van der Waals surface area contributed by atoms with E-state index in [4.69, 9.17) is 4.52 Å². The number of rotatable bonds is 6. The highest BCUT2D eigenvalue weighted by molar-refractivity contribution is 7.98. The van der Waals surface area contributed by atoms with Crippen LogP contribution in [-0.2, 0) is 16.0 Å². The Morgan fingerprint density at radius 2 is 1.70 bits per heavy atom. The van der Waals surface area contributed by atoms with E-state index in [9.17, 15) is 13.2 Å². The molecule has 0 aromatic carbocycles. The standard InChI is InChI=1S/C21H30N6O4S2/c1-16-19(17(2)31-23-16)15-32-20-18(5-4-6-22-20)21(28)25-9-13-27(14-10-25)33(29,30)26-11-7-24(3)8-12-26/h4-6H,7-15H2,1-3H3. The number of nitrogens with zero attached hydrogens (tertiary/aromatic N) is 6. The van der Waals surface area contributed by atoms with Crippen molar-refractivity contribution in [3.63, 3.8) is 0 Å². The Hall–Kier alpha value is -1.99. The van der Waals surface area contributed by atoms with E-state index in [1.54, 1.807) is 27.5 Å². The van der Waals surface area contributed by atoms with E-state index < -0.39 is 10.2 Å². The quantitative estimate of drug-likeness (QED) is 0.553. The molecule has 0 aliphatic carbocycles. The van der Waals surface area contributed by atoms with Crippen molar-refractivity contribution in [1.82, 2.24) is 28.6 Å². The van der Waals surface area contributed by atoms with Crippen LogP contribution in [0.2, 0.25) is 0 Å². The van der Waals surface area contributed by atoms with Gasteiger partial charge >= 0.3 is 0 Å². The molecule has 0 bridgehead atoms. The van der Waals surface area contributed by atoms with E-state index in [-0.39, 0.29) is 5.91 Å². The van der Waals surface area contributed by atoms with E-state index in [2.05, 4.69) is 15.0 Å². The van der Waals surface area contributed by atoms with Crippen molar-refractivity contribution in [2.45, 2.75) is 24.6 Å². The average molecular weight is 495 g/mol. The van der Waals surface area contributed by atoms with Gasteiger partial charge in [0.25, 0.3) is 16.1 Å². The van der Waals surface area contributed by atoms with Gasteiger partial charge in [0.1, 0.15) is 10.8 Å². The van der Waals surface area contributed by atoms with E-state index in [0.29, 0.717) is 55.6 Å². The second-order valence-corrected chi connectivity index (χ2v) is 11.2. The molecule has 0 saturated carbocycles. The Morgan fingerprint density at radius 1 is 1.06 bits per heavy atom. The summed E-state index contributed by atoms with van der Waals surface area (Å²) in [5, 5.41) is 4.63. The minimum atomic E-state index is -3.50. The summed E-state index contributed by atoms with van der Waals surface area (Å²) in [4.78, 5) is 21.5. The van der Waals surface area contributed by atoms with Crippen molar-refractivity contribution in [2.75, 3.05) is 59.4 Å². The van der Waals surface area contributed by atoms with Crippen LogP contribution in [0.15, 0.2) is 27.9 Å². The van der Waals surface area contributed by atoms with Crippen LogP contribution in [0.1, 0.15) is 27.4 Å². The van der Waals surface area contributed by atoms with Crippen LogP contribution in [0.25, 0.3) is 0 Å². The molecule has 2 aromatic rings. The van der Waals surface area contributed by atoms with Crippen LogP contribution >= 0.6 is 11.8 Å². The summed E-state index contributed by atoms with van der Waals surface area (Å²) in [6.45, 7) is 7.52. The van der Waals surface area contributed by atoms with Crippen LogP contribution in [-0.4, -0.2) is 102 Å². The zero-order valence-corrected chi connectivity index (χ0v) is 20.9. The minimum absolute atomic E-state index is 0.124. The molecule has 2 fully saturated rings. The van der Waals surface area contributed by atoms with Gasteiger partial charge in [0, 0.05) is 69.9 Å². The zero-order valence-electron chi connectivity index (χ0n) is 19.2. The Balaban J connectivity index is 1.39. The van der Waals surface area contributed by atoms with Crippen LogP contribution in [0.5, 0.6) is 0 Å². The predicted molar refractivity (Wildman–Crippen MR) is 125 cm³/mol. The second-order valence-electron chi connectivity index (χ2n) is 8.35. The van der Waals surface area contributed by atoms with Crippen molar-refractivity contribution < 1.29 is 17.7 Å². The molecule has 2 aliphatic heterocycles. The Labute approximate surface area is 199 Å². The number of aryl methyl sites for hydroxylation is 2. The first-order valence-corrected chi connectivity index (χ1v) is 13.4. The molecule has 0 spiro atoms. The maximum Gasteiger partial charge on any atom is 0.282 e. The minimum Gasteiger partial charge on any atom is -0.361 e. The topological polar surface area (TPSA) is 103 Å². The molecule has 33 heavy (non-hydrogen) atoms. The summed E-state index contributed by atoms with van der Waals surface area (Å²) >= 11 is 1.47. The van der Waals surface area contributed by atoms with Gasteiger partial charge in [0.2, 0.25) is 0 Å². The second kappa shape index (κ2) is 10.1. The van der Waals surface area contributed by atoms with Crippen molar-refractivity contribution in [3.8, 4) is 0 Å². The maximum absolute atomic E-state index is 13.3. The third-order valence-corrected chi connectivity index (χ3v) is 9.24. The molecule has 10 nitrogen and oxygen atoms in total.